The van der Waals surface area contributed by atoms with Gasteiger partial charge in [-0.15, -0.1) is 0 Å². The van der Waals surface area contributed by atoms with Crippen LogP contribution in [0.15, 0.2) is 17.2 Å². The molecule has 9 nitrogen and oxygen atoms in total. The van der Waals surface area contributed by atoms with Crippen molar-refractivity contribution < 1.29 is 24.9 Å². The Kier molecular flexibility index (Phi) is 4.14. The van der Waals surface area contributed by atoms with Gasteiger partial charge in [0.05, 0.1) is 19.3 Å². The van der Waals surface area contributed by atoms with Gasteiger partial charge in [-0.05, 0) is 0 Å². The molecule has 5 N–H and O–H groups in total. The van der Waals surface area contributed by atoms with Crippen molar-refractivity contribution in [3.8, 4) is 0 Å². The number of nitrogens with zero attached hydrogens (tertiary/aromatic N) is 2. The first-order chi connectivity index (χ1) is 9.47. The fourth-order valence-electron chi connectivity index (χ4n) is 2.13. The Hall–Kier alpha value is -1.81. The Morgan fingerprint density at radius 3 is 2.80 bits per heavy atom. The Balaban J connectivity index is 2.36. The fraction of sp³-hybridized carbons (Fsp3) is 0.545. The normalized spacial score (nSPS) is 30.1. The van der Waals surface area contributed by atoms with Crippen molar-refractivity contribution in [2.45, 2.75) is 24.4 Å². The van der Waals surface area contributed by atoms with Crippen LogP contribution in [0.5, 0.6) is 0 Å². The number of amides is 1. The first kappa shape index (κ1) is 14.6. The number of hydrogen-bond acceptors (Lipinski definition) is 7. The van der Waals surface area contributed by atoms with Gasteiger partial charge < -0.3 is 30.4 Å². The number of carbonyl (C=O) groups excluding carboxylic acids is 1. The summed E-state index contributed by atoms with van der Waals surface area (Å²) in [5.74, 6) is -0.982. The van der Waals surface area contributed by atoms with E-state index in [0.29, 0.717) is 0 Å². The van der Waals surface area contributed by atoms with E-state index in [1.165, 1.54) is 12.4 Å². The zero-order valence-electron chi connectivity index (χ0n) is 10.4. The Morgan fingerprint density at radius 2 is 2.20 bits per heavy atom. The number of hydrogen-bond donors (Lipinski definition) is 4. The van der Waals surface area contributed by atoms with Crippen LogP contribution in [0.25, 0.3) is 0 Å². The van der Waals surface area contributed by atoms with Gasteiger partial charge in [-0.2, -0.15) is 0 Å². The third-order valence-corrected chi connectivity index (χ3v) is 3.24. The summed E-state index contributed by atoms with van der Waals surface area (Å²) in [5.41, 5.74) is 3.79. The van der Waals surface area contributed by atoms with E-state index in [1.807, 2.05) is 0 Å². The van der Waals surface area contributed by atoms with Crippen molar-refractivity contribution in [3.63, 3.8) is 0 Å². The summed E-state index contributed by atoms with van der Waals surface area (Å²) in [4.78, 5) is 26.7. The molecule has 1 aliphatic heterocycles. The number of ether oxygens (including phenoxy) is 1. The van der Waals surface area contributed by atoms with E-state index in [1.54, 1.807) is 0 Å². The van der Waals surface area contributed by atoms with Crippen LogP contribution >= 0.6 is 0 Å². The first-order valence-electron chi connectivity index (χ1n) is 5.93. The average Bonchev–Trinajstić information content (AvgIpc) is 2.42. The Bertz CT molecular complexity index is 559. The van der Waals surface area contributed by atoms with Gasteiger partial charge in [-0.25, -0.2) is 4.98 Å². The summed E-state index contributed by atoms with van der Waals surface area (Å²) in [5, 5.41) is 28.8. The molecule has 20 heavy (non-hydrogen) atoms. The number of rotatable bonds is 3. The molecule has 0 aliphatic carbocycles. The van der Waals surface area contributed by atoms with Gasteiger partial charge in [-0.1, -0.05) is 0 Å². The van der Waals surface area contributed by atoms with E-state index in [0.717, 1.165) is 4.57 Å². The zero-order valence-corrected chi connectivity index (χ0v) is 10.4. The predicted octanol–water partition coefficient (Wildman–Crippen LogP) is -3.00. The molecule has 2 heterocycles. The number of aliphatic hydroxyl groups is 3. The lowest BCUT2D eigenvalue weighted by atomic mass is 9.98. The van der Waals surface area contributed by atoms with Crippen LogP contribution in [-0.2, 0) is 4.74 Å². The molecule has 0 spiro atoms. The van der Waals surface area contributed by atoms with Crippen LogP contribution < -0.4 is 11.3 Å². The molecular weight excluding hydrogens is 270 g/mol. The minimum absolute atomic E-state index is 0.106. The molecule has 0 bridgehead atoms. The molecule has 110 valence electrons. The van der Waals surface area contributed by atoms with Gasteiger partial charge in [0.15, 0.2) is 5.69 Å². The largest absolute Gasteiger partial charge is 0.394 e. The molecule has 1 amide bonds. The van der Waals surface area contributed by atoms with Crippen LogP contribution in [-0.4, -0.2) is 62.3 Å². The van der Waals surface area contributed by atoms with E-state index < -0.39 is 48.1 Å². The van der Waals surface area contributed by atoms with Gasteiger partial charge >= 0.3 is 0 Å². The standard InChI is InChI=1S/C11H15N3O6/c12-10(18)7-11(19)14(2-1-13-7)5-4-20-6(3-15)9(17)8(5)16/h1-2,5-6,8-9,15-17H,3-4H2,(H2,12,18)/t5-,6+,8+,9+/m0/s1. The fourth-order valence-corrected chi connectivity index (χ4v) is 2.13. The molecule has 0 radical (unpaired) electrons. The highest BCUT2D eigenvalue weighted by molar-refractivity contribution is 5.90. The lowest BCUT2D eigenvalue weighted by Gasteiger charge is -2.37. The minimum Gasteiger partial charge on any atom is -0.394 e. The first-order valence-corrected chi connectivity index (χ1v) is 5.93. The summed E-state index contributed by atoms with van der Waals surface area (Å²) in [6, 6.07) is -0.901. The average molecular weight is 285 g/mol. The number of primary amides is 1. The van der Waals surface area contributed by atoms with Gasteiger partial charge in [0.2, 0.25) is 0 Å². The molecular formula is C11H15N3O6. The molecule has 1 saturated heterocycles. The van der Waals surface area contributed by atoms with Crippen LogP contribution in [0.4, 0.5) is 0 Å². The van der Waals surface area contributed by atoms with E-state index >= 15 is 0 Å². The smallest absolute Gasteiger partial charge is 0.282 e. The summed E-state index contributed by atoms with van der Waals surface area (Å²) in [6.45, 7) is -0.561. The summed E-state index contributed by atoms with van der Waals surface area (Å²) >= 11 is 0. The lowest BCUT2D eigenvalue weighted by molar-refractivity contribution is -0.170. The molecule has 1 aromatic rings. The topological polar surface area (TPSA) is 148 Å². The summed E-state index contributed by atoms with van der Waals surface area (Å²) < 4.78 is 6.21. The second kappa shape index (κ2) is 5.67. The maximum atomic E-state index is 12.0. The van der Waals surface area contributed by atoms with Crippen molar-refractivity contribution in [3.05, 3.63) is 28.4 Å². The third-order valence-electron chi connectivity index (χ3n) is 3.24. The molecule has 2 rings (SSSR count). The van der Waals surface area contributed by atoms with E-state index in [2.05, 4.69) is 4.98 Å². The van der Waals surface area contributed by atoms with Crippen LogP contribution in [0.3, 0.4) is 0 Å². The number of aliphatic hydroxyl groups excluding tert-OH is 3. The highest BCUT2D eigenvalue weighted by Crippen LogP contribution is 2.23. The monoisotopic (exact) mass is 285 g/mol. The second-order valence-corrected chi connectivity index (χ2v) is 4.46. The molecule has 9 heteroatoms. The van der Waals surface area contributed by atoms with E-state index in [4.69, 9.17) is 15.6 Å². The van der Waals surface area contributed by atoms with Crippen LogP contribution in [0.2, 0.25) is 0 Å². The summed E-state index contributed by atoms with van der Waals surface area (Å²) in [7, 11) is 0. The Labute approximate surface area is 113 Å². The highest BCUT2D eigenvalue weighted by Gasteiger charge is 2.39. The van der Waals surface area contributed by atoms with E-state index in [9.17, 15) is 19.8 Å². The van der Waals surface area contributed by atoms with E-state index in [-0.39, 0.29) is 6.61 Å². The molecule has 0 aromatic carbocycles. The second-order valence-electron chi connectivity index (χ2n) is 4.46. The van der Waals surface area contributed by atoms with Crippen molar-refractivity contribution in [2.75, 3.05) is 13.2 Å². The lowest BCUT2D eigenvalue weighted by Crippen LogP contribution is -2.53. The van der Waals surface area contributed by atoms with Gasteiger partial charge in [0.1, 0.15) is 18.3 Å². The molecule has 0 saturated carbocycles. The summed E-state index contributed by atoms with van der Waals surface area (Å²) in [6.07, 6.45) is -1.15. The quantitative estimate of drug-likeness (QED) is 0.462. The van der Waals surface area contributed by atoms with Gasteiger partial charge in [0, 0.05) is 12.4 Å². The Morgan fingerprint density at radius 1 is 1.50 bits per heavy atom. The maximum Gasteiger partial charge on any atom is 0.282 e. The SMILES string of the molecule is NC(=O)c1nccn([C@H]2CO[C@H](CO)[C@@H](O)[C@@H]2O)c1=O. The number of carbonyl (C=O) groups is 1. The van der Waals surface area contributed by atoms with Crippen molar-refractivity contribution in [1.29, 1.82) is 0 Å². The zero-order chi connectivity index (χ0) is 14.9. The van der Waals surface area contributed by atoms with Crippen LogP contribution in [0, 0.1) is 0 Å². The number of aromatic nitrogens is 2. The van der Waals surface area contributed by atoms with Gasteiger partial charge in [-0.3, -0.25) is 9.59 Å². The third kappa shape index (κ3) is 2.43. The van der Waals surface area contributed by atoms with Gasteiger partial charge in [0.25, 0.3) is 11.5 Å². The molecule has 1 aromatic heterocycles. The molecule has 1 fully saturated rings. The highest BCUT2D eigenvalue weighted by atomic mass is 16.5. The molecule has 0 unspecified atom stereocenters. The predicted molar refractivity (Wildman–Crippen MR) is 64.9 cm³/mol. The maximum absolute atomic E-state index is 12.0. The molecule has 1 aliphatic rings. The molecule has 4 atom stereocenters. The number of nitrogens with two attached hydrogens (primary N) is 1. The minimum atomic E-state index is -1.35. The van der Waals surface area contributed by atoms with Crippen molar-refractivity contribution >= 4 is 5.91 Å². The van der Waals surface area contributed by atoms with Crippen molar-refractivity contribution in [1.82, 2.24) is 9.55 Å². The van der Waals surface area contributed by atoms with Crippen molar-refractivity contribution in [2.24, 2.45) is 5.73 Å². The van der Waals surface area contributed by atoms with Crippen LogP contribution in [0.1, 0.15) is 16.5 Å².